The Hall–Kier alpha value is -4.02. The number of hydrogen-bond donors (Lipinski definition) is 1. The summed E-state index contributed by atoms with van der Waals surface area (Å²) >= 11 is 0. The van der Waals surface area contributed by atoms with Crippen molar-refractivity contribution in [2.75, 3.05) is 25.0 Å². The van der Waals surface area contributed by atoms with Crippen LogP contribution in [-0.4, -0.2) is 47.3 Å². The standard InChI is InChI=1S/C28H27FN4O2/c1-19-17-32(11-12-33(19)28(35)22-8-4-3-5-9-22)18-24-14-25(29)15-26(20(24)2)31-27(34)23-10-6-7-21(13-23)16-30/h3-10,13-15,19H,11-12,17-18H2,1-2H3,(H,31,34)/t19-/m0/s1. The fraction of sp³-hybridized carbons (Fsp3) is 0.250. The van der Waals surface area contributed by atoms with Gasteiger partial charge in [-0.15, -0.1) is 0 Å². The third-order valence-electron chi connectivity index (χ3n) is 6.37. The van der Waals surface area contributed by atoms with E-state index in [1.165, 1.54) is 18.2 Å². The van der Waals surface area contributed by atoms with Crippen molar-refractivity contribution < 1.29 is 14.0 Å². The van der Waals surface area contributed by atoms with Crippen LogP contribution in [0.25, 0.3) is 0 Å². The molecule has 0 spiro atoms. The van der Waals surface area contributed by atoms with Crippen LogP contribution in [-0.2, 0) is 6.54 Å². The third kappa shape index (κ3) is 5.56. The molecule has 0 saturated carbocycles. The van der Waals surface area contributed by atoms with Crippen LogP contribution < -0.4 is 5.32 Å². The molecule has 1 saturated heterocycles. The van der Waals surface area contributed by atoms with Crippen LogP contribution >= 0.6 is 0 Å². The molecular formula is C28H27FN4O2. The minimum atomic E-state index is -0.433. The molecule has 0 bridgehead atoms. The van der Waals surface area contributed by atoms with Gasteiger partial charge < -0.3 is 10.2 Å². The zero-order valence-electron chi connectivity index (χ0n) is 19.8. The molecule has 0 radical (unpaired) electrons. The highest BCUT2D eigenvalue weighted by atomic mass is 19.1. The Labute approximate surface area is 204 Å². The van der Waals surface area contributed by atoms with Gasteiger partial charge in [0.25, 0.3) is 11.8 Å². The van der Waals surface area contributed by atoms with Crippen molar-refractivity contribution in [3.63, 3.8) is 0 Å². The fourth-order valence-corrected chi connectivity index (χ4v) is 4.42. The summed E-state index contributed by atoms with van der Waals surface area (Å²) in [5, 5.41) is 11.9. The van der Waals surface area contributed by atoms with Gasteiger partial charge >= 0.3 is 0 Å². The molecule has 35 heavy (non-hydrogen) atoms. The molecule has 4 rings (SSSR count). The summed E-state index contributed by atoms with van der Waals surface area (Å²) in [7, 11) is 0. The predicted molar refractivity (Wildman–Crippen MR) is 132 cm³/mol. The van der Waals surface area contributed by atoms with E-state index in [0.29, 0.717) is 48.6 Å². The van der Waals surface area contributed by atoms with E-state index in [2.05, 4.69) is 10.2 Å². The van der Waals surface area contributed by atoms with E-state index in [0.717, 1.165) is 11.1 Å². The SMILES string of the molecule is Cc1c(CN2CCN(C(=O)c3ccccc3)[C@@H](C)C2)cc(F)cc1NC(=O)c1cccc(C#N)c1. The highest BCUT2D eigenvalue weighted by Crippen LogP contribution is 2.25. The van der Waals surface area contributed by atoms with Gasteiger partial charge in [-0.3, -0.25) is 14.5 Å². The van der Waals surface area contributed by atoms with Crippen molar-refractivity contribution in [2.24, 2.45) is 0 Å². The molecule has 1 aliphatic heterocycles. The first-order valence-electron chi connectivity index (χ1n) is 11.5. The molecule has 1 atom stereocenters. The average molecular weight is 471 g/mol. The smallest absolute Gasteiger partial charge is 0.255 e. The number of nitriles is 1. The number of nitrogens with one attached hydrogen (secondary N) is 1. The monoisotopic (exact) mass is 470 g/mol. The molecule has 178 valence electrons. The quantitative estimate of drug-likeness (QED) is 0.591. The summed E-state index contributed by atoms with van der Waals surface area (Å²) in [5.41, 5.74) is 3.36. The number of carbonyl (C=O) groups is 2. The van der Waals surface area contributed by atoms with Crippen LogP contribution in [0.3, 0.4) is 0 Å². The number of amides is 2. The minimum absolute atomic E-state index is 0.0110. The van der Waals surface area contributed by atoms with E-state index in [9.17, 15) is 14.0 Å². The molecule has 2 amide bonds. The summed E-state index contributed by atoms with van der Waals surface area (Å²) in [4.78, 5) is 29.7. The fourth-order valence-electron chi connectivity index (χ4n) is 4.42. The number of anilines is 1. The number of nitrogens with zero attached hydrogens (tertiary/aromatic N) is 3. The zero-order valence-corrected chi connectivity index (χ0v) is 19.8. The number of hydrogen-bond acceptors (Lipinski definition) is 4. The largest absolute Gasteiger partial charge is 0.333 e. The van der Waals surface area contributed by atoms with Gasteiger partial charge in [0.2, 0.25) is 0 Å². The van der Waals surface area contributed by atoms with Crippen molar-refractivity contribution >= 4 is 17.5 Å². The summed E-state index contributed by atoms with van der Waals surface area (Å²) < 4.78 is 14.5. The molecule has 1 N–H and O–H groups in total. The van der Waals surface area contributed by atoms with Gasteiger partial charge in [-0.25, -0.2) is 4.39 Å². The second-order valence-electron chi connectivity index (χ2n) is 8.83. The van der Waals surface area contributed by atoms with Crippen LogP contribution in [0.2, 0.25) is 0 Å². The van der Waals surface area contributed by atoms with Crippen molar-refractivity contribution in [2.45, 2.75) is 26.4 Å². The minimum Gasteiger partial charge on any atom is -0.333 e. The lowest BCUT2D eigenvalue weighted by atomic mass is 10.0. The predicted octanol–water partition coefficient (Wildman–Crippen LogP) is 4.60. The molecule has 1 aliphatic rings. The van der Waals surface area contributed by atoms with E-state index in [1.54, 1.807) is 18.2 Å². The third-order valence-corrected chi connectivity index (χ3v) is 6.37. The molecule has 1 fully saturated rings. The molecule has 6 nitrogen and oxygen atoms in total. The maximum absolute atomic E-state index is 14.5. The first-order chi connectivity index (χ1) is 16.9. The first kappa shape index (κ1) is 24.1. The number of benzene rings is 3. The van der Waals surface area contributed by atoms with Crippen molar-refractivity contribution in [3.05, 3.63) is 100 Å². The number of piperazine rings is 1. The van der Waals surface area contributed by atoms with Crippen molar-refractivity contribution in [1.82, 2.24) is 9.80 Å². The highest BCUT2D eigenvalue weighted by molar-refractivity contribution is 6.05. The molecule has 1 heterocycles. The van der Waals surface area contributed by atoms with E-state index in [4.69, 9.17) is 5.26 Å². The van der Waals surface area contributed by atoms with Gasteiger partial charge in [-0.2, -0.15) is 5.26 Å². The topological polar surface area (TPSA) is 76.4 Å². The van der Waals surface area contributed by atoms with E-state index >= 15 is 0 Å². The zero-order chi connectivity index (χ0) is 24.9. The lowest BCUT2D eigenvalue weighted by molar-refractivity contribution is 0.0475. The number of halogens is 1. The van der Waals surface area contributed by atoms with Gasteiger partial charge in [0.1, 0.15) is 5.82 Å². The molecule has 3 aromatic carbocycles. The summed E-state index contributed by atoms with van der Waals surface area (Å²) in [5.74, 6) is -0.814. The Morgan fingerprint density at radius 1 is 1.06 bits per heavy atom. The van der Waals surface area contributed by atoms with Crippen LogP contribution in [0, 0.1) is 24.1 Å². The Bertz CT molecular complexity index is 1290. The molecule has 3 aromatic rings. The number of carbonyl (C=O) groups excluding carboxylic acids is 2. The Kier molecular flexibility index (Phi) is 7.23. The van der Waals surface area contributed by atoms with Gasteiger partial charge in [-0.05, 0) is 67.4 Å². The molecule has 0 aliphatic carbocycles. The molecule has 0 unspecified atom stereocenters. The van der Waals surface area contributed by atoms with Crippen LogP contribution in [0.5, 0.6) is 0 Å². The first-order valence-corrected chi connectivity index (χ1v) is 11.5. The maximum Gasteiger partial charge on any atom is 0.255 e. The highest BCUT2D eigenvalue weighted by Gasteiger charge is 2.28. The normalized spacial score (nSPS) is 15.9. The summed E-state index contributed by atoms with van der Waals surface area (Å²) in [6, 6.07) is 20.5. The van der Waals surface area contributed by atoms with E-state index in [1.807, 2.05) is 55.1 Å². The Morgan fingerprint density at radius 2 is 1.80 bits per heavy atom. The van der Waals surface area contributed by atoms with Crippen molar-refractivity contribution in [3.8, 4) is 6.07 Å². The molecular weight excluding hydrogens is 443 g/mol. The average Bonchev–Trinajstić information content (AvgIpc) is 2.87. The van der Waals surface area contributed by atoms with Gasteiger partial charge in [0, 0.05) is 49.0 Å². The summed E-state index contributed by atoms with van der Waals surface area (Å²) in [6.07, 6.45) is 0. The van der Waals surface area contributed by atoms with E-state index < -0.39 is 11.7 Å². The maximum atomic E-state index is 14.5. The van der Waals surface area contributed by atoms with E-state index in [-0.39, 0.29) is 11.9 Å². The van der Waals surface area contributed by atoms with Gasteiger partial charge in [0.15, 0.2) is 0 Å². The molecule has 0 aromatic heterocycles. The Morgan fingerprint density at radius 3 is 2.51 bits per heavy atom. The number of rotatable bonds is 5. The van der Waals surface area contributed by atoms with Gasteiger partial charge in [0.05, 0.1) is 11.6 Å². The molecule has 7 heteroatoms. The lowest BCUT2D eigenvalue weighted by Gasteiger charge is -2.40. The van der Waals surface area contributed by atoms with Gasteiger partial charge in [-0.1, -0.05) is 24.3 Å². The lowest BCUT2D eigenvalue weighted by Crippen LogP contribution is -2.53. The van der Waals surface area contributed by atoms with Crippen molar-refractivity contribution in [1.29, 1.82) is 5.26 Å². The van der Waals surface area contributed by atoms with Crippen LogP contribution in [0.1, 0.15) is 44.3 Å². The second-order valence-corrected chi connectivity index (χ2v) is 8.83. The second kappa shape index (κ2) is 10.5. The Balaban J connectivity index is 1.45. The van der Waals surface area contributed by atoms with Crippen LogP contribution in [0.4, 0.5) is 10.1 Å². The van der Waals surface area contributed by atoms with Crippen LogP contribution in [0.15, 0.2) is 66.7 Å². The summed E-state index contributed by atoms with van der Waals surface area (Å²) in [6.45, 7) is 6.30.